The summed E-state index contributed by atoms with van der Waals surface area (Å²) < 4.78 is 4.74. The van der Waals surface area contributed by atoms with Crippen molar-refractivity contribution in [3.8, 4) is 0 Å². The van der Waals surface area contributed by atoms with Crippen LogP contribution in [0.5, 0.6) is 0 Å². The standard InChI is InChI=1S/C10H19N5O2/c1-7(2)5-8(10(16)17-4)11-6-9-12-14-15(3)13-9/h7-8,11H,5-6H2,1-4H3. The molecule has 1 heterocycles. The molecule has 7 nitrogen and oxygen atoms in total. The lowest BCUT2D eigenvalue weighted by molar-refractivity contribution is -0.143. The lowest BCUT2D eigenvalue weighted by Crippen LogP contribution is -2.38. The highest BCUT2D eigenvalue weighted by Gasteiger charge is 2.20. The van der Waals surface area contributed by atoms with Crippen LogP contribution in [0.15, 0.2) is 0 Å². The average Bonchev–Trinajstić information content (AvgIpc) is 2.68. The smallest absolute Gasteiger partial charge is 0.322 e. The molecule has 1 atom stereocenters. The number of aryl methyl sites for hydroxylation is 1. The predicted molar refractivity (Wildman–Crippen MR) is 60.9 cm³/mol. The Morgan fingerprint density at radius 2 is 2.24 bits per heavy atom. The maximum atomic E-state index is 11.5. The number of carbonyl (C=O) groups excluding carboxylic acids is 1. The SMILES string of the molecule is COC(=O)C(CC(C)C)NCc1nnn(C)n1. The van der Waals surface area contributed by atoms with E-state index in [1.54, 1.807) is 7.05 Å². The molecule has 0 amide bonds. The van der Waals surface area contributed by atoms with Gasteiger partial charge in [0.15, 0.2) is 5.82 Å². The Kier molecular flexibility index (Phi) is 5.02. The van der Waals surface area contributed by atoms with Crippen LogP contribution in [0, 0.1) is 5.92 Å². The zero-order chi connectivity index (χ0) is 12.8. The van der Waals surface area contributed by atoms with E-state index in [1.807, 2.05) is 0 Å². The molecule has 0 fully saturated rings. The minimum atomic E-state index is -0.330. The molecule has 1 N–H and O–H groups in total. The Balaban J connectivity index is 2.51. The summed E-state index contributed by atoms with van der Waals surface area (Å²) in [5.41, 5.74) is 0. The van der Waals surface area contributed by atoms with Gasteiger partial charge in [0.1, 0.15) is 6.04 Å². The number of nitrogens with zero attached hydrogens (tertiary/aromatic N) is 4. The molecule has 0 radical (unpaired) electrons. The molecular weight excluding hydrogens is 222 g/mol. The van der Waals surface area contributed by atoms with Crippen LogP contribution in [-0.2, 0) is 23.1 Å². The third-order valence-electron chi connectivity index (χ3n) is 2.25. The van der Waals surface area contributed by atoms with E-state index in [2.05, 4.69) is 34.6 Å². The number of nitrogens with one attached hydrogen (secondary N) is 1. The Morgan fingerprint density at radius 1 is 1.53 bits per heavy atom. The molecule has 0 aliphatic heterocycles. The summed E-state index contributed by atoms with van der Waals surface area (Å²) in [7, 11) is 3.08. The van der Waals surface area contributed by atoms with E-state index >= 15 is 0 Å². The molecular formula is C10H19N5O2. The van der Waals surface area contributed by atoms with Crippen molar-refractivity contribution in [3.63, 3.8) is 0 Å². The number of tetrazole rings is 1. The second-order valence-corrected chi connectivity index (χ2v) is 4.28. The van der Waals surface area contributed by atoms with Gasteiger partial charge in [-0.25, -0.2) is 0 Å². The van der Waals surface area contributed by atoms with Gasteiger partial charge in [-0.05, 0) is 17.6 Å². The summed E-state index contributed by atoms with van der Waals surface area (Å²) in [6.45, 7) is 4.51. The molecule has 0 aliphatic rings. The van der Waals surface area contributed by atoms with E-state index in [0.29, 0.717) is 24.7 Å². The molecule has 7 heteroatoms. The van der Waals surface area contributed by atoms with Gasteiger partial charge in [-0.3, -0.25) is 10.1 Å². The summed E-state index contributed by atoms with van der Waals surface area (Å²) in [4.78, 5) is 12.9. The largest absolute Gasteiger partial charge is 0.468 e. The van der Waals surface area contributed by atoms with Gasteiger partial charge in [0, 0.05) is 0 Å². The van der Waals surface area contributed by atoms with E-state index in [1.165, 1.54) is 11.9 Å². The van der Waals surface area contributed by atoms with Crippen LogP contribution in [-0.4, -0.2) is 39.3 Å². The highest BCUT2D eigenvalue weighted by molar-refractivity contribution is 5.75. The Bertz CT molecular complexity index is 363. The number of methoxy groups -OCH3 is 1. The van der Waals surface area contributed by atoms with Crippen molar-refractivity contribution in [1.82, 2.24) is 25.5 Å². The Labute approximate surface area is 101 Å². The molecule has 1 aromatic rings. The van der Waals surface area contributed by atoms with Crippen LogP contribution in [0.4, 0.5) is 0 Å². The maximum absolute atomic E-state index is 11.5. The van der Waals surface area contributed by atoms with Crippen molar-refractivity contribution in [1.29, 1.82) is 0 Å². The number of ether oxygens (including phenoxy) is 1. The topological polar surface area (TPSA) is 81.9 Å². The molecule has 1 rings (SSSR count). The van der Waals surface area contributed by atoms with Gasteiger partial charge in [-0.1, -0.05) is 13.8 Å². The molecule has 0 aromatic carbocycles. The first-order valence-electron chi connectivity index (χ1n) is 5.57. The van der Waals surface area contributed by atoms with Crippen molar-refractivity contribution in [3.05, 3.63) is 5.82 Å². The summed E-state index contributed by atoms with van der Waals surface area (Å²) in [6.07, 6.45) is 0.715. The molecule has 96 valence electrons. The van der Waals surface area contributed by atoms with Gasteiger partial charge in [0.25, 0.3) is 0 Å². The van der Waals surface area contributed by atoms with Crippen molar-refractivity contribution >= 4 is 5.97 Å². The van der Waals surface area contributed by atoms with Crippen molar-refractivity contribution in [2.75, 3.05) is 7.11 Å². The van der Waals surface area contributed by atoms with Crippen LogP contribution < -0.4 is 5.32 Å². The number of rotatable bonds is 6. The van der Waals surface area contributed by atoms with E-state index in [0.717, 1.165) is 0 Å². The van der Waals surface area contributed by atoms with Gasteiger partial charge in [-0.15, -0.1) is 10.2 Å². The normalized spacial score (nSPS) is 12.8. The molecule has 1 unspecified atom stereocenters. The lowest BCUT2D eigenvalue weighted by atomic mass is 10.0. The summed E-state index contributed by atoms with van der Waals surface area (Å²) >= 11 is 0. The minimum absolute atomic E-state index is 0.261. The number of esters is 1. The van der Waals surface area contributed by atoms with Crippen LogP contribution in [0.25, 0.3) is 0 Å². The molecule has 0 saturated carbocycles. The fourth-order valence-corrected chi connectivity index (χ4v) is 1.49. The summed E-state index contributed by atoms with van der Waals surface area (Å²) in [5.74, 6) is 0.703. The van der Waals surface area contributed by atoms with Crippen molar-refractivity contribution < 1.29 is 9.53 Å². The second-order valence-electron chi connectivity index (χ2n) is 4.28. The van der Waals surface area contributed by atoms with Gasteiger partial charge in [0.2, 0.25) is 0 Å². The highest BCUT2D eigenvalue weighted by atomic mass is 16.5. The maximum Gasteiger partial charge on any atom is 0.322 e. The predicted octanol–water partition coefficient (Wildman–Crippen LogP) is -0.113. The van der Waals surface area contributed by atoms with Gasteiger partial charge in [0.05, 0.1) is 20.7 Å². The quantitative estimate of drug-likeness (QED) is 0.700. The zero-order valence-corrected chi connectivity index (χ0v) is 10.7. The van der Waals surface area contributed by atoms with Gasteiger partial charge >= 0.3 is 5.97 Å². The van der Waals surface area contributed by atoms with E-state index in [4.69, 9.17) is 4.74 Å². The van der Waals surface area contributed by atoms with Crippen molar-refractivity contribution in [2.45, 2.75) is 32.9 Å². The third-order valence-corrected chi connectivity index (χ3v) is 2.25. The summed E-state index contributed by atoms with van der Waals surface area (Å²) in [6, 6.07) is -0.330. The zero-order valence-electron chi connectivity index (χ0n) is 10.7. The van der Waals surface area contributed by atoms with Crippen LogP contribution in [0.1, 0.15) is 26.1 Å². The monoisotopic (exact) mass is 241 g/mol. The molecule has 0 spiro atoms. The number of hydrogen-bond acceptors (Lipinski definition) is 6. The van der Waals surface area contributed by atoms with E-state index < -0.39 is 0 Å². The molecule has 0 bridgehead atoms. The first-order valence-corrected chi connectivity index (χ1v) is 5.57. The van der Waals surface area contributed by atoms with E-state index in [-0.39, 0.29) is 12.0 Å². The number of carbonyl (C=O) groups is 1. The van der Waals surface area contributed by atoms with Crippen molar-refractivity contribution in [2.24, 2.45) is 13.0 Å². The first-order chi connectivity index (χ1) is 8.02. The molecule has 1 aromatic heterocycles. The Hall–Kier alpha value is -1.50. The Morgan fingerprint density at radius 3 is 2.71 bits per heavy atom. The van der Waals surface area contributed by atoms with Crippen LogP contribution in [0.2, 0.25) is 0 Å². The first kappa shape index (κ1) is 13.6. The summed E-state index contributed by atoms with van der Waals surface area (Å²) in [5, 5.41) is 14.7. The van der Waals surface area contributed by atoms with Crippen LogP contribution >= 0.6 is 0 Å². The van der Waals surface area contributed by atoms with Gasteiger partial charge in [-0.2, -0.15) is 4.80 Å². The molecule has 17 heavy (non-hydrogen) atoms. The fourth-order valence-electron chi connectivity index (χ4n) is 1.49. The number of aromatic nitrogens is 4. The lowest BCUT2D eigenvalue weighted by Gasteiger charge is -2.17. The minimum Gasteiger partial charge on any atom is -0.468 e. The molecule has 0 saturated heterocycles. The number of hydrogen-bond donors (Lipinski definition) is 1. The third kappa shape index (κ3) is 4.48. The average molecular weight is 241 g/mol. The second kappa shape index (κ2) is 6.29. The van der Waals surface area contributed by atoms with Crippen LogP contribution in [0.3, 0.4) is 0 Å². The van der Waals surface area contributed by atoms with E-state index in [9.17, 15) is 4.79 Å². The highest BCUT2D eigenvalue weighted by Crippen LogP contribution is 2.06. The van der Waals surface area contributed by atoms with Gasteiger partial charge < -0.3 is 4.74 Å². The molecule has 0 aliphatic carbocycles. The fraction of sp³-hybridized carbons (Fsp3) is 0.800.